The maximum atomic E-state index is 12.3. The molecule has 0 aromatic heterocycles. The summed E-state index contributed by atoms with van der Waals surface area (Å²) in [6, 6.07) is 13.1. The summed E-state index contributed by atoms with van der Waals surface area (Å²) in [6.07, 6.45) is 1.01. The first kappa shape index (κ1) is 22.4. The molecule has 2 aromatic carbocycles. The average Bonchev–Trinajstić information content (AvgIpc) is 2.64. The number of hydrazone groups is 1. The fraction of sp³-hybridized carbons (Fsp3) is 0.211. The smallest absolute Gasteiger partial charge is 0.260 e. The Balaban J connectivity index is 2.12. The lowest BCUT2D eigenvalue weighted by Gasteiger charge is -2.21. The molecule has 8 nitrogen and oxygen atoms in total. The highest BCUT2D eigenvalue weighted by Crippen LogP contribution is 2.20. The third-order valence-electron chi connectivity index (χ3n) is 3.75. The molecule has 0 unspecified atom stereocenters. The number of benzene rings is 2. The lowest BCUT2D eigenvalue weighted by Crippen LogP contribution is -2.39. The molecule has 0 heterocycles. The summed E-state index contributed by atoms with van der Waals surface area (Å²) in [5.41, 5.74) is 4.45. The highest BCUT2D eigenvalue weighted by Gasteiger charge is 2.20. The molecule has 0 aliphatic rings. The van der Waals surface area contributed by atoms with E-state index in [9.17, 15) is 18.0 Å². The molecule has 0 fully saturated rings. The topological polar surface area (TPSA) is 108 Å². The van der Waals surface area contributed by atoms with Crippen LogP contribution in [0.3, 0.4) is 0 Å². The molecule has 0 radical (unpaired) electrons. The summed E-state index contributed by atoms with van der Waals surface area (Å²) in [6.45, 7) is 2.64. The Hall–Kier alpha value is -2.91. The molecular weight excluding hydrogens is 416 g/mol. The van der Waals surface area contributed by atoms with E-state index in [1.54, 1.807) is 31.2 Å². The van der Waals surface area contributed by atoms with Crippen LogP contribution >= 0.6 is 11.6 Å². The van der Waals surface area contributed by atoms with Gasteiger partial charge in [0.2, 0.25) is 15.9 Å². The Morgan fingerprint density at radius 1 is 1.10 bits per heavy atom. The molecule has 0 aliphatic carbocycles. The van der Waals surface area contributed by atoms with Gasteiger partial charge in [-0.15, -0.1) is 0 Å². The van der Waals surface area contributed by atoms with Gasteiger partial charge in [0.15, 0.2) is 0 Å². The number of halogens is 1. The van der Waals surface area contributed by atoms with Crippen LogP contribution in [0.25, 0.3) is 0 Å². The number of carbonyl (C=O) groups excluding carboxylic acids is 2. The minimum Gasteiger partial charge on any atom is -0.326 e. The molecule has 10 heteroatoms. The van der Waals surface area contributed by atoms with Crippen LogP contribution in [0.15, 0.2) is 53.6 Å². The molecule has 154 valence electrons. The van der Waals surface area contributed by atoms with Crippen molar-refractivity contribution in [2.75, 3.05) is 22.4 Å². The molecule has 2 aromatic rings. The quantitative estimate of drug-likeness (QED) is 0.513. The summed E-state index contributed by atoms with van der Waals surface area (Å²) >= 11 is 5.83. The number of hydrogen-bond acceptors (Lipinski definition) is 5. The monoisotopic (exact) mass is 436 g/mol. The fourth-order valence-electron chi connectivity index (χ4n) is 2.41. The van der Waals surface area contributed by atoms with Crippen molar-refractivity contribution in [2.45, 2.75) is 13.8 Å². The fourth-order valence-corrected chi connectivity index (χ4v) is 3.39. The van der Waals surface area contributed by atoms with Gasteiger partial charge in [-0.05, 0) is 48.9 Å². The first-order valence-electron chi connectivity index (χ1n) is 8.50. The van der Waals surface area contributed by atoms with Gasteiger partial charge in [0.05, 0.1) is 17.7 Å². The van der Waals surface area contributed by atoms with E-state index in [0.717, 1.165) is 10.6 Å². The van der Waals surface area contributed by atoms with Gasteiger partial charge in [0.25, 0.3) is 5.91 Å². The van der Waals surface area contributed by atoms with Crippen molar-refractivity contribution in [1.29, 1.82) is 0 Å². The summed E-state index contributed by atoms with van der Waals surface area (Å²) in [5.74, 6) is -0.809. The number of hydrogen-bond donors (Lipinski definition) is 2. The second kappa shape index (κ2) is 9.53. The van der Waals surface area contributed by atoms with Gasteiger partial charge >= 0.3 is 0 Å². The summed E-state index contributed by atoms with van der Waals surface area (Å²) in [7, 11) is -3.69. The van der Waals surface area contributed by atoms with Crippen molar-refractivity contribution in [3.05, 3.63) is 59.1 Å². The molecular formula is C19H21ClN4O4S. The van der Waals surface area contributed by atoms with Gasteiger partial charge in [-0.25, -0.2) is 13.8 Å². The van der Waals surface area contributed by atoms with Crippen molar-refractivity contribution >= 4 is 50.5 Å². The number of carbonyl (C=O) groups is 2. The van der Waals surface area contributed by atoms with Gasteiger partial charge in [-0.3, -0.25) is 13.9 Å². The molecule has 2 rings (SSSR count). The average molecular weight is 437 g/mol. The van der Waals surface area contributed by atoms with Crippen LogP contribution in [0.1, 0.15) is 19.4 Å². The van der Waals surface area contributed by atoms with Gasteiger partial charge in [-0.1, -0.05) is 23.7 Å². The molecule has 0 spiro atoms. The van der Waals surface area contributed by atoms with Crippen LogP contribution in [0.4, 0.5) is 11.4 Å². The maximum Gasteiger partial charge on any atom is 0.260 e. The Morgan fingerprint density at radius 2 is 1.76 bits per heavy atom. The lowest BCUT2D eigenvalue weighted by molar-refractivity contribution is -0.119. The Morgan fingerprint density at radius 3 is 2.34 bits per heavy atom. The largest absolute Gasteiger partial charge is 0.326 e. The number of rotatable bonds is 7. The first-order chi connectivity index (χ1) is 13.6. The third-order valence-corrected chi connectivity index (χ3v) is 5.14. The van der Waals surface area contributed by atoms with E-state index < -0.39 is 22.5 Å². The second-order valence-electron chi connectivity index (χ2n) is 6.24. The number of anilines is 2. The molecule has 0 saturated carbocycles. The molecule has 0 bridgehead atoms. The molecule has 2 N–H and O–H groups in total. The van der Waals surface area contributed by atoms with Crippen LogP contribution in [0.2, 0.25) is 5.02 Å². The summed E-state index contributed by atoms with van der Waals surface area (Å²) < 4.78 is 25.1. The molecule has 29 heavy (non-hydrogen) atoms. The van der Waals surface area contributed by atoms with Gasteiger partial charge in [0.1, 0.15) is 6.54 Å². The van der Waals surface area contributed by atoms with Crippen LogP contribution in [0, 0.1) is 0 Å². The van der Waals surface area contributed by atoms with Crippen molar-refractivity contribution in [2.24, 2.45) is 5.10 Å². The number of nitrogens with zero attached hydrogens (tertiary/aromatic N) is 2. The molecule has 0 atom stereocenters. The highest BCUT2D eigenvalue weighted by molar-refractivity contribution is 7.92. The third kappa shape index (κ3) is 6.88. The van der Waals surface area contributed by atoms with E-state index in [1.165, 1.54) is 31.2 Å². The predicted octanol–water partition coefficient (Wildman–Crippen LogP) is 2.60. The van der Waals surface area contributed by atoms with Gasteiger partial charge in [0, 0.05) is 17.6 Å². The Kier molecular flexibility index (Phi) is 7.35. The van der Waals surface area contributed by atoms with Crippen molar-refractivity contribution in [3.63, 3.8) is 0 Å². The van der Waals surface area contributed by atoms with Crippen molar-refractivity contribution < 1.29 is 18.0 Å². The normalized spacial score (nSPS) is 11.7. The minimum absolute atomic E-state index is 0.201. The van der Waals surface area contributed by atoms with Crippen LogP contribution in [-0.2, 0) is 19.6 Å². The van der Waals surface area contributed by atoms with Gasteiger partial charge < -0.3 is 5.32 Å². The standard InChI is InChI=1S/C19H21ClN4O4S/c1-13(15-5-4-6-17(11-15)21-14(2)25)22-23-19(26)12-24(29(3,27)28)18-9-7-16(20)8-10-18/h4-11H,12H2,1-3H3,(H,21,25)(H,23,26)/b22-13-. The minimum atomic E-state index is -3.69. The van der Waals surface area contributed by atoms with E-state index in [-0.39, 0.29) is 5.91 Å². The number of amides is 2. The zero-order valence-corrected chi connectivity index (χ0v) is 17.7. The van der Waals surface area contributed by atoms with Crippen LogP contribution in [-0.4, -0.2) is 38.7 Å². The van der Waals surface area contributed by atoms with Crippen molar-refractivity contribution in [1.82, 2.24) is 5.43 Å². The zero-order chi connectivity index (χ0) is 21.6. The van der Waals surface area contributed by atoms with E-state index in [1.807, 2.05) is 0 Å². The summed E-state index contributed by atoms with van der Waals surface area (Å²) in [5, 5.41) is 7.14. The Labute approximate surface area is 174 Å². The number of nitrogens with one attached hydrogen (secondary N) is 2. The molecule has 0 saturated heterocycles. The maximum absolute atomic E-state index is 12.3. The van der Waals surface area contributed by atoms with Crippen LogP contribution < -0.4 is 15.0 Å². The van der Waals surface area contributed by atoms with E-state index in [2.05, 4.69) is 15.8 Å². The predicted molar refractivity (Wildman–Crippen MR) is 115 cm³/mol. The Bertz CT molecular complexity index is 1040. The van der Waals surface area contributed by atoms with Crippen molar-refractivity contribution in [3.8, 4) is 0 Å². The van der Waals surface area contributed by atoms with Gasteiger partial charge in [-0.2, -0.15) is 5.10 Å². The molecule has 2 amide bonds. The van der Waals surface area contributed by atoms with Crippen LogP contribution in [0.5, 0.6) is 0 Å². The first-order valence-corrected chi connectivity index (χ1v) is 10.7. The summed E-state index contributed by atoms with van der Waals surface area (Å²) in [4.78, 5) is 23.5. The van der Waals surface area contributed by atoms with E-state index in [0.29, 0.717) is 27.7 Å². The number of sulfonamides is 1. The second-order valence-corrected chi connectivity index (χ2v) is 8.58. The van der Waals surface area contributed by atoms with E-state index in [4.69, 9.17) is 11.6 Å². The lowest BCUT2D eigenvalue weighted by atomic mass is 10.1. The van der Waals surface area contributed by atoms with E-state index >= 15 is 0 Å². The zero-order valence-electron chi connectivity index (χ0n) is 16.1. The highest BCUT2D eigenvalue weighted by atomic mass is 35.5. The SMILES string of the molecule is CC(=O)Nc1cccc(/C(C)=N\NC(=O)CN(c2ccc(Cl)cc2)S(C)(=O)=O)c1. The molecule has 0 aliphatic heterocycles.